The average Bonchev–Trinajstić information content (AvgIpc) is 3.05. The molecule has 3 rings (SSSR count). The van der Waals surface area contributed by atoms with Gasteiger partial charge in [-0.25, -0.2) is 0 Å². The molecule has 110 valence electrons. The summed E-state index contributed by atoms with van der Waals surface area (Å²) in [7, 11) is 0. The van der Waals surface area contributed by atoms with Crippen LogP contribution in [0.5, 0.6) is 0 Å². The van der Waals surface area contributed by atoms with Gasteiger partial charge in [0.15, 0.2) is 0 Å². The van der Waals surface area contributed by atoms with Gasteiger partial charge >= 0.3 is 0 Å². The lowest BCUT2D eigenvalue weighted by atomic mass is 10.1. The molecule has 1 aromatic heterocycles. The van der Waals surface area contributed by atoms with Crippen LogP contribution in [0.4, 0.5) is 0 Å². The van der Waals surface area contributed by atoms with E-state index >= 15 is 0 Å². The number of benzene rings is 1. The Morgan fingerprint density at radius 2 is 1.71 bits per heavy atom. The second-order valence-electron chi connectivity index (χ2n) is 5.69. The summed E-state index contributed by atoms with van der Waals surface area (Å²) in [6, 6.07) is 11.8. The number of aromatic nitrogens is 1. The number of nitrogens with zero attached hydrogens (tertiary/aromatic N) is 2. The molecule has 0 bridgehead atoms. The molecule has 4 nitrogen and oxygen atoms in total. The predicted molar refractivity (Wildman–Crippen MR) is 81.8 cm³/mol. The minimum absolute atomic E-state index is 0.000880. The summed E-state index contributed by atoms with van der Waals surface area (Å²) in [5.41, 5.74) is 4.09. The number of amides is 1. The molecule has 1 fully saturated rings. The SMILES string of the molecule is Cc1ccc(C)n1-c1ccc(C(=O)N2CC[C@@H](O)C2)cc1. The van der Waals surface area contributed by atoms with Crippen LogP contribution in [0, 0.1) is 13.8 Å². The van der Waals surface area contributed by atoms with Crippen molar-refractivity contribution in [3.63, 3.8) is 0 Å². The summed E-state index contributed by atoms with van der Waals surface area (Å²) in [5.74, 6) is -0.000880. The van der Waals surface area contributed by atoms with Gasteiger partial charge in [-0.1, -0.05) is 0 Å². The van der Waals surface area contributed by atoms with Gasteiger partial charge in [0.25, 0.3) is 5.91 Å². The van der Waals surface area contributed by atoms with Gasteiger partial charge in [-0.05, 0) is 56.7 Å². The van der Waals surface area contributed by atoms with Gasteiger partial charge in [-0.3, -0.25) is 4.79 Å². The van der Waals surface area contributed by atoms with E-state index in [9.17, 15) is 9.90 Å². The zero-order valence-corrected chi connectivity index (χ0v) is 12.4. The first-order chi connectivity index (χ1) is 10.1. The topological polar surface area (TPSA) is 45.5 Å². The zero-order valence-electron chi connectivity index (χ0n) is 12.4. The van der Waals surface area contributed by atoms with Crippen molar-refractivity contribution in [1.29, 1.82) is 0 Å². The predicted octanol–water partition coefficient (Wildman–Crippen LogP) is 2.30. The first-order valence-corrected chi connectivity index (χ1v) is 7.29. The molecule has 1 atom stereocenters. The van der Waals surface area contributed by atoms with Crippen molar-refractivity contribution in [2.45, 2.75) is 26.4 Å². The van der Waals surface area contributed by atoms with Crippen LogP contribution in [-0.2, 0) is 0 Å². The smallest absolute Gasteiger partial charge is 0.253 e. The van der Waals surface area contributed by atoms with E-state index in [4.69, 9.17) is 0 Å². The Kier molecular flexibility index (Phi) is 3.55. The van der Waals surface area contributed by atoms with E-state index < -0.39 is 0 Å². The van der Waals surface area contributed by atoms with Gasteiger partial charge in [0.05, 0.1) is 6.10 Å². The highest BCUT2D eigenvalue weighted by Gasteiger charge is 2.25. The Labute approximate surface area is 124 Å². The standard InChI is InChI=1S/C17H20N2O2/c1-12-3-4-13(2)19(12)15-7-5-14(6-8-15)17(21)18-10-9-16(20)11-18/h3-8,16,20H,9-11H2,1-2H3/t16-/m1/s1. The van der Waals surface area contributed by atoms with Crippen LogP contribution < -0.4 is 0 Å². The van der Waals surface area contributed by atoms with Gasteiger partial charge in [0, 0.05) is 35.7 Å². The Morgan fingerprint density at radius 1 is 1.10 bits per heavy atom. The van der Waals surface area contributed by atoms with Crippen LogP contribution >= 0.6 is 0 Å². The van der Waals surface area contributed by atoms with Crippen molar-refractivity contribution in [1.82, 2.24) is 9.47 Å². The highest BCUT2D eigenvalue weighted by Crippen LogP contribution is 2.19. The number of rotatable bonds is 2. The molecule has 1 N–H and O–H groups in total. The van der Waals surface area contributed by atoms with Crippen LogP contribution in [0.3, 0.4) is 0 Å². The van der Waals surface area contributed by atoms with Crippen molar-refractivity contribution in [2.75, 3.05) is 13.1 Å². The Bertz CT molecular complexity index is 638. The maximum Gasteiger partial charge on any atom is 0.253 e. The van der Waals surface area contributed by atoms with E-state index in [1.165, 1.54) is 11.4 Å². The number of carbonyl (C=O) groups excluding carboxylic acids is 1. The summed E-state index contributed by atoms with van der Waals surface area (Å²) in [6.07, 6.45) is 0.296. The molecular weight excluding hydrogens is 264 g/mol. The second kappa shape index (κ2) is 5.37. The molecule has 0 spiro atoms. The van der Waals surface area contributed by atoms with Crippen molar-refractivity contribution in [2.24, 2.45) is 0 Å². The molecular formula is C17H20N2O2. The van der Waals surface area contributed by atoms with E-state index in [1.54, 1.807) is 4.90 Å². The highest BCUT2D eigenvalue weighted by atomic mass is 16.3. The van der Waals surface area contributed by atoms with Crippen LogP contribution in [0.15, 0.2) is 36.4 Å². The molecule has 0 radical (unpaired) electrons. The number of β-amino-alcohol motifs (C(OH)–C–C–N with tert-alkyl or cyclic N) is 1. The second-order valence-corrected chi connectivity index (χ2v) is 5.69. The van der Waals surface area contributed by atoms with Crippen molar-refractivity contribution >= 4 is 5.91 Å². The third kappa shape index (κ3) is 2.59. The first kappa shape index (κ1) is 13.9. The highest BCUT2D eigenvalue weighted by molar-refractivity contribution is 5.94. The molecule has 21 heavy (non-hydrogen) atoms. The lowest BCUT2D eigenvalue weighted by Crippen LogP contribution is -2.29. The fraction of sp³-hybridized carbons (Fsp3) is 0.353. The van der Waals surface area contributed by atoms with Gasteiger partial charge in [-0.15, -0.1) is 0 Å². The largest absolute Gasteiger partial charge is 0.391 e. The number of aryl methyl sites for hydroxylation is 2. The molecule has 2 heterocycles. The fourth-order valence-electron chi connectivity index (χ4n) is 2.94. The molecule has 1 aliphatic heterocycles. The first-order valence-electron chi connectivity index (χ1n) is 7.29. The quantitative estimate of drug-likeness (QED) is 0.919. The number of aliphatic hydroxyl groups is 1. The minimum Gasteiger partial charge on any atom is -0.391 e. The summed E-state index contributed by atoms with van der Waals surface area (Å²) >= 11 is 0. The van der Waals surface area contributed by atoms with Crippen LogP contribution in [0.25, 0.3) is 5.69 Å². The van der Waals surface area contributed by atoms with Gasteiger partial charge in [0.1, 0.15) is 0 Å². The van der Waals surface area contributed by atoms with Crippen molar-refractivity contribution < 1.29 is 9.90 Å². The molecule has 2 aromatic rings. The van der Waals surface area contributed by atoms with Crippen molar-refractivity contribution in [3.8, 4) is 5.69 Å². The molecule has 1 aliphatic rings. The molecule has 4 heteroatoms. The number of hydrogen-bond donors (Lipinski definition) is 1. The van der Waals surface area contributed by atoms with E-state index in [-0.39, 0.29) is 12.0 Å². The number of likely N-dealkylation sites (tertiary alicyclic amines) is 1. The van der Waals surface area contributed by atoms with Gasteiger partial charge < -0.3 is 14.6 Å². The Hall–Kier alpha value is -2.07. The summed E-state index contributed by atoms with van der Waals surface area (Å²) in [6.45, 7) is 5.21. The molecule has 0 aliphatic carbocycles. The molecule has 0 unspecified atom stereocenters. The molecule has 1 amide bonds. The Morgan fingerprint density at radius 3 is 2.24 bits per heavy atom. The maximum absolute atomic E-state index is 12.3. The molecule has 1 aromatic carbocycles. The maximum atomic E-state index is 12.3. The summed E-state index contributed by atoms with van der Waals surface area (Å²) in [5, 5.41) is 9.53. The average molecular weight is 284 g/mol. The van der Waals surface area contributed by atoms with Crippen LogP contribution in [0.1, 0.15) is 28.2 Å². The lowest BCUT2D eigenvalue weighted by molar-refractivity contribution is 0.0765. The number of carbonyl (C=O) groups is 1. The fourth-order valence-corrected chi connectivity index (χ4v) is 2.94. The monoisotopic (exact) mass is 284 g/mol. The third-order valence-electron chi connectivity index (χ3n) is 4.09. The van der Waals surface area contributed by atoms with Crippen LogP contribution in [0.2, 0.25) is 0 Å². The van der Waals surface area contributed by atoms with E-state index in [0.29, 0.717) is 25.1 Å². The lowest BCUT2D eigenvalue weighted by Gasteiger charge is -2.16. The van der Waals surface area contributed by atoms with Crippen LogP contribution in [-0.4, -0.2) is 39.7 Å². The summed E-state index contributed by atoms with van der Waals surface area (Å²) in [4.78, 5) is 14.0. The summed E-state index contributed by atoms with van der Waals surface area (Å²) < 4.78 is 2.16. The van der Waals surface area contributed by atoms with Crippen molar-refractivity contribution in [3.05, 3.63) is 53.3 Å². The van der Waals surface area contributed by atoms with Gasteiger partial charge in [0.2, 0.25) is 0 Å². The minimum atomic E-state index is -0.376. The van der Waals surface area contributed by atoms with Gasteiger partial charge in [-0.2, -0.15) is 0 Å². The molecule has 0 saturated carbocycles. The Balaban J connectivity index is 1.83. The number of hydrogen-bond acceptors (Lipinski definition) is 2. The zero-order chi connectivity index (χ0) is 15.0. The normalized spacial score (nSPS) is 18.2. The van der Waals surface area contributed by atoms with E-state index in [1.807, 2.05) is 24.3 Å². The number of aliphatic hydroxyl groups excluding tert-OH is 1. The van der Waals surface area contributed by atoms with E-state index in [0.717, 1.165) is 5.69 Å². The van der Waals surface area contributed by atoms with E-state index in [2.05, 4.69) is 30.5 Å². The third-order valence-corrected chi connectivity index (χ3v) is 4.09. The molecule has 1 saturated heterocycles.